The maximum Gasteiger partial charge on any atom is 0.237 e. The van der Waals surface area contributed by atoms with E-state index < -0.39 is 64.6 Å². The van der Waals surface area contributed by atoms with Crippen molar-refractivity contribution in [2.45, 2.75) is 82.3 Å². The molecule has 2 aliphatic carbocycles. The molecule has 5 rings (SSSR count). The van der Waals surface area contributed by atoms with Crippen LogP contribution < -0.4 is 16.0 Å². The lowest BCUT2D eigenvalue weighted by atomic mass is 9.59. The van der Waals surface area contributed by atoms with E-state index in [4.69, 9.17) is 11.6 Å². The molecule has 1 aromatic rings. The van der Waals surface area contributed by atoms with E-state index in [0.717, 1.165) is 6.08 Å². The molecule has 1 spiro atoms. The van der Waals surface area contributed by atoms with Crippen LogP contribution in [0, 0.1) is 23.1 Å². The van der Waals surface area contributed by atoms with Gasteiger partial charge in [0.25, 0.3) is 0 Å². The minimum absolute atomic E-state index is 0.183. The van der Waals surface area contributed by atoms with Crippen LogP contribution in [0.1, 0.15) is 52.5 Å². The maximum atomic E-state index is 15.6. The van der Waals surface area contributed by atoms with E-state index in [-0.39, 0.29) is 27.7 Å². The molecule has 2 fully saturated rings. The Balaban J connectivity index is 1.66. The van der Waals surface area contributed by atoms with Gasteiger partial charge in [-0.1, -0.05) is 44.5 Å². The third-order valence-electron chi connectivity index (χ3n) is 8.37. The highest BCUT2D eigenvalue weighted by atomic mass is 35.5. The van der Waals surface area contributed by atoms with Gasteiger partial charge in [-0.3, -0.25) is 9.59 Å². The summed E-state index contributed by atoms with van der Waals surface area (Å²) in [7, 11) is 0. The number of alkyl halides is 1. The summed E-state index contributed by atoms with van der Waals surface area (Å²) in [5, 5.41) is 19.0. The molecule has 10 heteroatoms. The number of aliphatic hydroxyl groups is 1. The van der Waals surface area contributed by atoms with E-state index in [1.54, 1.807) is 6.92 Å². The van der Waals surface area contributed by atoms with Crippen molar-refractivity contribution in [1.82, 2.24) is 10.6 Å². The molecular weight excluding hydrogens is 519 g/mol. The Kier molecular flexibility index (Phi) is 6.52. The number of allylic oxidation sites excluding steroid dienone is 4. The topological polar surface area (TPSA) is 90.5 Å². The number of carbonyl (C=O) groups is 2. The van der Waals surface area contributed by atoms with Gasteiger partial charge in [0.05, 0.1) is 22.1 Å². The van der Waals surface area contributed by atoms with Crippen molar-refractivity contribution < 1.29 is 27.9 Å². The van der Waals surface area contributed by atoms with Crippen molar-refractivity contribution in [2.75, 3.05) is 5.32 Å². The van der Waals surface area contributed by atoms with Gasteiger partial charge in [-0.05, 0) is 55.4 Å². The van der Waals surface area contributed by atoms with E-state index >= 15 is 4.39 Å². The van der Waals surface area contributed by atoms with Crippen LogP contribution in [0.4, 0.5) is 18.9 Å². The van der Waals surface area contributed by atoms with E-state index in [9.17, 15) is 23.5 Å². The van der Waals surface area contributed by atoms with E-state index in [1.807, 2.05) is 20.8 Å². The van der Waals surface area contributed by atoms with Crippen molar-refractivity contribution in [3.05, 3.63) is 52.6 Å². The first-order valence-corrected chi connectivity index (χ1v) is 13.3. The second-order valence-corrected chi connectivity index (χ2v) is 13.1. The molecule has 2 unspecified atom stereocenters. The van der Waals surface area contributed by atoms with Crippen LogP contribution in [0.25, 0.3) is 0 Å². The number of benzene rings is 1. The summed E-state index contributed by atoms with van der Waals surface area (Å²) in [5.41, 5.74) is -2.26. The fourth-order valence-corrected chi connectivity index (χ4v) is 7.07. The average molecular weight is 552 g/mol. The molecule has 6 atom stereocenters. The van der Waals surface area contributed by atoms with Crippen LogP contribution in [0.5, 0.6) is 0 Å². The molecule has 2 heterocycles. The molecule has 206 valence electrons. The zero-order valence-electron chi connectivity index (χ0n) is 21.7. The molecule has 0 bridgehead atoms. The van der Waals surface area contributed by atoms with E-state index in [1.165, 1.54) is 24.3 Å². The zero-order chi connectivity index (χ0) is 27.8. The van der Waals surface area contributed by atoms with Crippen LogP contribution in [0.3, 0.4) is 0 Å². The highest BCUT2D eigenvalue weighted by molar-refractivity contribution is 6.31. The second kappa shape index (κ2) is 9.10. The lowest BCUT2D eigenvalue weighted by Gasteiger charge is -2.43. The summed E-state index contributed by atoms with van der Waals surface area (Å²) in [6, 6.07) is 0.400. The van der Waals surface area contributed by atoms with Crippen molar-refractivity contribution in [3.8, 4) is 0 Å². The van der Waals surface area contributed by atoms with Crippen LogP contribution in [-0.2, 0) is 15.0 Å². The van der Waals surface area contributed by atoms with Crippen LogP contribution in [0.15, 0.2) is 36.2 Å². The predicted molar refractivity (Wildman–Crippen MR) is 138 cm³/mol. The number of hydrogen-bond donors (Lipinski definition) is 4. The number of rotatable bonds is 4. The number of amides is 2. The Bertz CT molecular complexity index is 1240. The monoisotopic (exact) mass is 551 g/mol. The zero-order valence-corrected chi connectivity index (χ0v) is 22.5. The Morgan fingerprint density at radius 1 is 1.26 bits per heavy atom. The van der Waals surface area contributed by atoms with Crippen molar-refractivity contribution in [2.24, 2.45) is 17.3 Å². The minimum atomic E-state index is -2.09. The lowest BCUT2D eigenvalue weighted by molar-refractivity contribution is -0.129. The van der Waals surface area contributed by atoms with Gasteiger partial charge in [-0.2, -0.15) is 0 Å². The second-order valence-electron chi connectivity index (χ2n) is 12.6. The molecule has 6 nitrogen and oxygen atoms in total. The summed E-state index contributed by atoms with van der Waals surface area (Å²) in [5.74, 6) is -5.02. The molecule has 1 saturated heterocycles. The Labute approximate surface area is 225 Å². The summed E-state index contributed by atoms with van der Waals surface area (Å²) < 4.78 is 45.1. The Morgan fingerprint density at radius 3 is 2.58 bits per heavy atom. The number of nitrogens with one attached hydrogen (secondary N) is 3. The standard InChI is InChI=1S/C28H33ClF3N3O3/c1-26(2,3)12-20-28(15-8-18(31)16(29)9-19(15)34-25(28)37)21(14-6-5-7-17(30)22(14)32)23(35-20)24(36)33-13-10-27(4,38)11-13/h5-9,13-14,20-23,35,38H,10-12H2,1-4H3,(H,33,36)(H,34,37)/t13-,14?,20-,21-,22?,23+,27+,28+/m0/s1. The van der Waals surface area contributed by atoms with Crippen molar-refractivity contribution in [3.63, 3.8) is 0 Å². The molecule has 4 aliphatic rings. The Hall–Kier alpha value is -2.36. The average Bonchev–Trinajstić information content (AvgIpc) is 3.24. The SMILES string of the molecule is CC(C)(C)C[C@@H]1N[C@@H](C(=O)N[C@H]2C[C@@](C)(O)C2)[C@H](C2C=CC=C(F)C2F)[C@]12C(=O)Nc1cc(Cl)c(F)cc12. The normalized spacial score (nSPS) is 38.0. The van der Waals surface area contributed by atoms with Crippen LogP contribution in [-0.4, -0.2) is 46.8 Å². The summed E-state index contributed by atoms with van der Waals surface area (Å²) in [6.45, 7) is 7.59. The highest BCUT2D eigenvalue weighted by Gasteiger charge is 2.68. The van der Waals surface area contributed by atoms with E-state index in [0.29, 0.717) is 19.3 Å². The fraction of sp³-hybridized carbons (Fsp3) is 0.571. The van der Waals surface area contributed by atoms with Gasteiger partial charge in [-0.15, -0.1) is 0 Å². The number of anilines is 1. The third kappa shape index (κ3) is 4.36. The predicted octanol–water partition coefficient (Wildman–Crippen LogP) is 4.47. The van der Waals surface area contributed by atoms with Gasteiger partial charge >= 0.3 is 0 Å². The van der Waals surface area contributed by atoms with Gasteiger partial charge in [0.15, 0.2) is 6.17 Å². The summed E-state index contributed by atoms with van der Waals surface area (Å²) in [6.07, 6.45) is 2.89. The molecule has 2 aliphatic heterocycles. The molecule has 0 radical (unpaired) electrons. The van der Waals surface area contributed by atoms with Crippen LogP contribution in [0.2, 0.25) is 5.02 Å². The first kappa shape index (κ1) is 27.2. The fourth-order valence-electron chi connectivity index (χ4n) is 6.91. The summed E-state index contributed by atoms with van der Waals surface area (Å²) in [4.78, 5) is 27.8. The van der Waals surface area contributed by atoms with Gasteiger partial charge in [0.1, 0.15) is 11.6 Å². The first-order chi connectivity index (χ1) is 17.6. The summed E-state index contributed by atoms with van der Waals surface area (Å²) >= 11 is 6.03. The van der Waals surface area contributed by atoms with Gasteiger partial charge in [0, 0.05) is 29.6 Å². The molecule has 4 N–H and O–H groups in total. The van der Waals surface area contributed by atoms with Gasteiger partial charge < -0.3 is 21.1 Å². The first-order valence-electron chi connectivity index (χ1n) is 12.9. The lowest BCUT2D eigenvalue weighted by Crippen LogP contribution is -2.58. The van der Waals surface area contributed by atoms with E-state index in [2.05, 4.69) is 16.0 Å². The largest absolute Gasteiger partial charge is 0.390 e. The maximum absolute atomic E-state index is 15.6. The quantitative estimate of drug-likeness (QED) is 0.444. The van der Waals surface area contributed by atoms with Crippen molar-refractivity contribution in [1.29, 1.82) is 0 Å². The molecule has 38 heavy (non-hydrogen) atoms. The number of carbonyl (C=O) groups excluding carboxylic acids is 2. The molecule has 1 aromatic carbocycles. The molecular formula is C28H33ClF3N3O3. The molecule has 0 aromatic heterocycles. The number of hydrogen-bond acceptors (Lipinski definition) is 4. The third-order valence-corrected chi connectivity index (χ3v) is 8.66. The van der Waals surface area contributed by atoms with Crippen LogP contribution >= 0.6 is 11.6 Å². The Morgan fingerprint density at radius 2 is 1.95 bits per heavy atom. The minimum Gasteiger partial charge on any atom is -0.390 e. The molecule has 1 saturated carbocycles. The molecule has 2 amide bonds. The van der Waals surface area contributed by atoms with Gasteiger partial charge in [0.2, 0.25) is 11.8 Å². The van der Waals surface area contributed by atoms with Gasteiger partial charge in [-0.25, -0.2) is 13.2 Å². The number of halogens is 4. The number of fused-ring (bicyclic) bond motifs is 2. The smallest absolute Gasteiger partial charge is 0.237 e. The van der Waals surface area contributed by atoms with Crippen molar-refractivity contribution >= 4 is 29.1 Å². The highest BCUT2D eigenvalue weighted by Crippen LogP contribution is 2.57.